The van der Waals surface area contributed by atoms with Gasteiger partial charge in [-0.2, -0.15) is 0 Å². The Morgan fingerprint density at radius 3 is 2.42 bits per heavy atom. The first-order valence-electron chi connectivity index (χ1n) is 8.63. The number of aryl methyl sites for hydroxylation is 2. The SMILES string of the molecule is CCCc1sc(NC(=O)c2ccc(C)cc2)nc1-c1ccc(OC)cc1. The van der Waals surface area contributed by atoms with Gasteiger partial charge in [-0.05, 0) is 49.7 Å². The average Bonchev–Trinajstić information content (AvgIpc) is 3.05. The zero-order valence-electron chi connectivity index (χ0n) is 15.2. The molecule has 0 radical (unpaired) electrons. The molecule has 1 aromatic heterocycles. The summed E-state index contributed by atoms with van der Waals surface area (Å²) in [4.78, 5) is 18.3. The Morgan fingerprint density at radius 1 is 1.12 bits per heavy atom. The van der Waals surface area contributed by atoms with E-state index in [9.17, 15) is 4.79 Å². The standard InChI is InChI=1S/C21H22N2O2S/c1-4-5-18-19(15-10-12-17(25-3)13-11-15)22-21(26-18)23-20(24)16-8-6-14(2)7-9-16/h6-13H,4-5H2,1-3H3,(H,22,23,24). The summed E-state index contributed by atoms with van der Waals surface area (Å²) < 4.78 is 5.22. The Hall–Kier alpha value is -2.66. The highest BCUT2D eigenvalue weighted by molar-refractivity contribution is 7.16. The molecule has 0 saturated carbocycles. The molecule has 5 heteroatoms. The minimum absolute atomic E-state index is 0.136. The quantitative estimate of drug-likeness (QED) is 0.641. The monoisotopic (exact) mass is 366 g/mol. The van der Waals surface area contributed by atoms with Gasteiger partial charge in [0.2, 0.25) is 0 Å². The molecule has 3 aromatic rings. The third-order valence-electron chi connectivity index (χ3n) is 4.07. The van der Waals surface area contributed by atoms with Crippen molar-refractivity contribution in [3.63, 3.8) is 0 Å². The van der Waals surface area contributed by atoms with Crippen molar-refractivity contribution in [1.29, 1.82) is 0 Å². The number of ether oxygens (including phenoxy) is 1. The third-order valence-corrected chi connectivity index (χ3v) is 5.10. The van der Waals surface area contributed by atoms with Crippen LogP contribution in [0.5, 0.6) is 5.75 Å². The van der Waals surface area contributed by atoms with Crippen molar-refractivity contribution in [2.75, 3.05) is 12.4 Å². The Balaban J connectivity index is 1.86. The van der Waals surface area contributed by atoms with Crippen molar-refractivity contribution in [2.45, 2.75) is 26.7 Å². The van der Waals surface area contributed by atoms with Crippen molar-refractivity contribution in [1.82, 2.24) is 4.98 Å². The van der Waals surface area contributed by atoms with Crippen molar-refractivity contribution < 1.29 is 9.53 Å². The summed E-state index contributed by atoms with van der Waals surface area (Å²) in [6.07, 6.45) is 1.95. The molecule has 1 N–H and O–H groups in total. The Morgan fingerprint density at radius 2 is 1.81 bits per heavy atom. The molecule has 2 aromatic carbocycles. The van der Waals surface area contributed by atoms with Gasteiger partial charge < -0.3 is 4.74 Å². The topological polar surface area (TPSA) is 51.2 Å². The first-order valence-corrected chi connectivity index (χ1v) is 9.44. The number of hydrogen-bond donors (Lipinski definition) is 1. The van der Waals surface area contributed by atoms with E-state index >= 15 is 0 Å². The molecule has 4 nitrogen and oxygen atoms in total. The lowest BCUT2D eigenvalue weighted by molar-refractivity contribution is 0.102. The second-order valence-corrected chi connectivity index (χ2v) is 7.17. The van der Waals surface area contributed by atoms with Crippen LogP contribution in [0.15, 0.2) is 48.5 Å². The minimum Gasteiger partial charge on any atom is -0.497 e. The van der Waals surface area contributed by atoms with E-state index < -0.39 is 0 Å². The average molecular weight is 366 g/mol. The van der Waals surface area contributed by atoms with E-state index in [2.05, 4.69) is 17.2 Å². The lowest BCUT2D eigenvalue weighted by Gasteiger charge is -2.03. The Kier molecular flexibility index (Phi) is 5.68. The highest BCUT2D eigenvalue weighted by atomic mass is 32.1. The number of thiazole rings is 1. The van der Waals surface area contributed by atoms with E-state index in [1.54, 1.807) is 18.4 Å². The lowest BCUT2D eigenvalue weighted by atomic mass is 10.1. The molecule has 0 atom stereocenters. The third kappa shape index (κ3) is 4.11. The van der Waals surface area contributed by atoms with E-state index in [0.717, 1.165) is 35.4 Å². The van der Waals surface area contributed by atoms with Gasteiger partial charge in [-0.25, -0.2) is 4.98 Å². The predicted molar refractivity (Wildman–Crippen MR) is 107 cm³/mol. The fourth-order valence-corrected chi connectivity index (χ4v) is 3.73. The van der Waals surface area contributed by atoms with Gasteiger partial charge >= 0.3 is 0 Å². The number of methoxy groups -OCH3 is 1. The summed E-state index contributed by atoms with van der Waals surface area (Å²) in [5, 5.41) is 3.56. The van der Waals surface area contributed by atoms with Crippen LogP contribution >= 0.6 is 11.3 Å². The van der Waals surface area contributed by atoms with E-state index in [1.807, 2.05) is 55.5 Å². The van der Waals surface area contributed by atoms with Gasteiger partial charge in [0, 0.05) is 16.0 Å². The van der Waals surface area contributed by atoms with E-state index in [4.69, 9.17) is 4.74 Å². The van der Waals surface area contributed by atoms with Crippen LogP contribution in [0, 0.1) is 6.92 Å². The highest BCUT2D eigenvalue weighted by Crippen LogP contribution is 2.33. The normalized spacial score (nSPS) is 10.6. The lowest BCUT2D eigenvalue weighted by Crippen LogP contribution is -2.11. The number of anilines is 1. The number of nitrogens with zero attached hydrogens (tertiary/aromatic N) is 1. The first kappa shape index (κ1) is 18.1. The number of carbonyl (C=O) groups is 1. The zero-order valence-corrected chi connectivity index (χ0v) is 16.0. The van der Waals surface area contributed by atoms with Crippen LogP contribution < -0.4 is 10.1 Å². The summed E-state index contributed by atoms with van der Waals surface area (Å²) in [6.45, 7) is 4.14. The molecule has 3 rings (SSSR count). The number of aromatic nitrogens is 1. The number of rotatable bonds is 6. The fourth-order valence-electron chi connectivity index (χ4n) is 2.65. The van der Waals surface area contributed by atoms with Gasteiger partial charge in [0.1, 0.15) is 5.75 Å². The van der Waals surface area contributed by atoms with Crippen LogP contribution in [0.1, 0.15) is 34.1 Å². The number of nitrogens with one attached hydrogen (secondary N) is 1. The molecule has 1 amide bonds. The molecule has 134 valence electrons. The molecule has 0 unspecified atom stereocenters. The minimum atomic E-state index is -0.136. The van der Waals surface area contributed by atoms with Gasteiger partial charge in [-0.1, -0.05) is 31.0 Å². The highest BCUT2D eigenvalue weighted by Gasteiger charge is 2.15. The molecule has 0 fully saturated rings. The second-order valence-electron chi connectivity index (χ2n) is 6.09. The molecule has 0 aliphatic heterocycles. The van der Waals surface area contributed by atoms with Gasteiger partial charge in [0.25, 0.3) is 5.91 Å². The molecule has 1 heterocycles. The van der Waals surface area contributed by atoms with Crippen LogP contribution in [0.3, 0.4) is 0 Å². The number of benzene rings is 2. The smallest absolute Gasteiger partial charge is 0.257 e. The number of hydrogen-bond acceptors (Lipinski definition) is 4. The molecule has 0 bridgehead atoms. The molecular formula is C21H22N2O2S. The van der Waals surface area contributed by atoms with Gasteiger partial charge in [0.05, 0.1) is 12.8 Å². The van der Waals surface area contributed by atoms with Crippen molar-refractivity contribution in [3.8, 4) is 17.0 Å². The van der Waals surface area contributed by atoms with Crippen LogP contribution in [0.25, 0.3) is 11.3 Å². The molecule has 0 spiro atoms. The summed E-state index contributed by atoms with van der Waals surface area (Å²) in [5.74, 6) is 0.678. The van der Waals surface area contributed by atoms with Crippen LogP contribution in [-0.4, -0.2) is 18.0 Å². The first-order chi connectivity index (χ1) is 12.6. The predicted octanol–water partition coefficient (Wildman–Crippen LogP) is 5.33. The molecule has 0 aliphatic carbocycles. The van der Waals surface area contributed by atoms with Gasteiger partial charge in [0.15, 0.2) is 5.13 Å². The maximum absolute atomic E-state index is 12.5. The molecular weight excluding hydrogens is 344 g/mol. The van der Waals surface area contributed by atoms with Crippen LogP contribution in [0.4, 0.5) is 5.13 Å². The fraction of sp³-hybridized carbons (Fsp3) is 0.238. The summed E-state index contributed by atoms with van der Waals surface area (Å²) in [5.41, 5.74) is 3.72. The number of carbonyl (C=O) groups excluding carboxylic acids is 1. The zero-order chi connectivity index (χ0) is 18.5. The van der Waals surface area contributed by atoms with Crippen molar-refractivity contribution >= 4 is 22.4 Å². The van der Waals surface area contributed by atoms with E-state index in [-0.39, 0.29) is 5.91 Å². The number of amides is 1. The summed E-state index contributed by atoms with van der Waals surface area (Å²) in [7, 11) is 1.65. The largest absolute Gasteiger partial charge is 0.497 e. The maximum atomic E-state index is 12.5. The van der Waals surface area contributed by atoms with E-state index in [1.165, 1.54) is 4.88 Å². The van der Waals surface area contributed by atoms with E-state index in [0.29, 0.717) is 10.7 Å². The Labute approximate surface area is 157 Å². The van der Waals surface area contributed by atoms with Crippen LogP contribution in [-0.2, 0) is 6.42 Å². The maximum Gasteiger partial charge on any atom is 0.257 e. The van der Waals surface area contributed by atoms with Crippen molar-refractivity contribution in [3.05, 3.63) is 64.5 Å². The summed E-state index contributed by atoms with van der Waals surface area (Å²) in [6, 6.07) is 15.4. The van der Waals surface area contributed by atoms with Crippen LogP contribution in [0.2, 0.25) is 0 Å². The second kappa shape index (κ2) is 8.15. The van der Waals surface area contributed by atoms with Gasteiger partial charge in [-0.15, -0.1) is 11.3 Å². The molecule has 0 saturated heterocycles. The van der Waals surface area contributed by atoms with Crippen molar-refractivity contribution in [2.24, 2.45) is 0 Å². The summed E-state index contributed by atoms with van der Waals surface area (Å²) >= 11 is 1.54. The Bertz CT molecular complexity index is 883. The van der Waals surface area contributed by atoms with Gasteiger partial charge in [-0.3, -0.25) is 10.1 Å². The molecule has 26 heavy (non-hydrogen) atoms. The molecule has 0 aliphatic rings.